The highest BCUT2D eigenvalue weighted by Gasteiger charge is 2.11. The van der Waals surface area contributed by atoms with E-state index in [4.69, 9.17) is 11.6 Å². The number of nitrogens with zero attached hydrogens (tertiary/aromatic N) is 2. The summed E-state index contributed by atoms with van der Waals surface area (Å²) in [6, 6.07) is 4.92. The number of aromatic nitrogens is 2. The molecule has 3 aromatic rings. The molecule has 0 unspecified atom stereocenters. The van der Waals surface area contributed by atoms with Crippen molar-refractivity contribution in [1.29, 1.82) is 0 Å². The zero-order valence-electron chi connectivity index (χ0n) is 11.6. The largest absolute Gasteiger partial charge is 0.321 e. The first-order valence-electron chi connectivity index (χ1n) is 6.53. The van der Waals surface area contributed by atoms with Crippen LogP contribution in [-0.2, 0) is 6.54 Å². The topological polar surface area (TPSA) is 46.9 Å². The molecule has 2 heterocycles. The van der Waals surface area contributed by atoms with Gasteiger partial charge in [-0.15, -0.1) is 11.3 Å². The van der Waals surface area contributed by atoms with Crippen molar-refractivity contribution in [1.82, 2.24) is 9.78 Å². The number of halogens is 3. The summed E-state index contributed by atoms with van der Waals surface area (Å²) in [4.78, 5) is 12.6. The summed E-state index contributed by atoms with van der Waals surface area (Å²) in [7, 11) is 0. The Morgan fingerprint density at radius 3 is 2.83 bits per heavy atom. The molecule has 0 aliphatic rings. The van der Waals surface area contributed by atoms with Gasteiger partial charge in [0, 0.05) is 18.0 Å². The quantitative estimate of drug-likeness (QED) is 0.765. The van der Waals surface area contributed by atoms with Gasteiger partial charge in [-0.05, 0) is 29.1 Å². The lowest BCUT2D eigenvalue weighted by molar-refractivity contribution is 0.103. The third-order valence-electron chi connectivity index (χ3n) is 3.00. The molecule has 0 spiro atoms. The predicted octanol–water partition coefficient (Wildman–Crippen LogP) is 4.18. The van der Waals surface area contributed by atoms with Gasteiger partial charge in [-0.1, -0.05) is 11.6 Å². The van der Waals surface area contributed by atoms with Crippen LogP contribution < -0.4 is 5.32 Å². The van der Waals surface area contributed by atoms with Gasteiger partial charge in [0.05, 0.1) is 22.6 Å². The number of nitrogens with one attached hydrogen (secondary N) is 1. The number of hydrogen-bond donors (Lipinski definition) is 1. The first kappa shape index (κ1) is 15.6. The van der Waals surface area contributed by atoms with Crippen molar-refractivity contribution in [2.24, 2.45) is 0 Å². The van der Waals surface area contributed by atoms with Crippen LogP contribution in [0.4, 0.5) is 14.5 Å². The fourth-order valence-electron chi connectivity index (χ4n) is 1.96. The molecule has 0 aliphatic carbocycles. The number of hydrogen-bond acceptors (Lipinski definition) is 3. The molecule has 0 saturated heterocycles. The summed E-state index contributed by atoms with van der Waals surface area (Å²) in [5.41, 5.74) is 1.09. The minimum atomic E-state index is -1.01. The maximum absolute atomic E-state index is 13.1. The van der Waals surface area contributed by atoms with Crippen molar-refractivity contribution in [2.45, 2.75) is 6.54 Å². The van der Waals surface area contributed by atoms with Gasteiger partial charge in [0.1, 0.15) is 0 Å². The number of rotatable bonds is 4. The highest BCUT2D eigenvalue weighted by atomic mass is 35.5. The molecule has 0 radical (unpaired) electrons. The smallest absolute Gasteiger partial charge is 0.265 e. The second-order valence-electron chi connectivity index (χ2n) is 4.76. The van der Waals surface area contributed by atoms with Crippen LogP contribution in [0.15, 0.2) is 42.0 Å². The lowest BCUT2D eigenvalue weighted by Gasteiger charge is -2.03. The highest BCUT2D eigenvalue weighted by molar-refractivity contribution is 7.12. The fraction of sp³-hybridized carbons (Fsp3) is 0.0667. The van der Waals surface area contributed by atoms with E-state index in [0.717, 1.165) is 17.7 Å². The predicted molar refractivity (Wildman–Crippen MR) is 85.0 cm³/mol. The van der Waals surface area contributed by atoms with Gasteiger partial charge in [-0.3, -0.25) is 9.48 Å². The zero-order valence-corrected chi connectivity index (χ0v) is 13.2. The molecule has 1 amide bonds. The van der Waals surface area contributed by atoms with Gasteiger partial charge in [0.2, 0.25) is 0 Å². The van der Waals surface area contributed by atoms with Crippen LogP contribution in [0.25, 0.3) is 0 Å². The van der Waals surface area contributed by atoms with Crippen molar-refractivity contribution in [3.8, 4) is 0 Å². The van der Waals surface area contributed by atoms with E-state index in [-0.39, 0.29) is 11.6 Å². The third-order valence-corrected chi connectivity index (χ3v) is 4.17. The maximum Gasteiger partial charge on any atom is 0.265 e. The molecular weight excluding hydrogens is 344 g/mol. The van der Waals surface area contributed by atoms with E-state index in [1.54, 1.807) is 16.9 Å². The Morgan fingerprint density at radius 1 is 1.30 bits per heavy atom. The van der Waals surface area contributed by atoms with Crippen LogP contribution in [0.1, 0.15) is 15.2 Å². The average Bonchev–Trinajstić information content (AvgIpc) is 3.13. The van der Waals surface area contributed by atoms with E-state index in [1.165, 1.54) is 23.6 Å². The van der Waals surface area contributed by atoms with Crippen LogP contribution in [0.5, 0.6) is 0 Å². The summed E-state index contributed by atoms with van der Waals surface area (Å²) in [5.74, 6) is -2.35. The van der Waals surface area contributed by atoms with Gasteiger partial charge in [0.25, 0.3) is 5.91 Å². The molecule has 1 N–H and O–H groups in total. The van der Waals surface area contributed by atoms with Gasteiger partial charge < -0.3 is 5.32 Å². The molecule has 0 saturated carbocycles. The van der Waals surface area contributed by atoms with Crippen LogP contribution in [0, 0.1) is 11.6 Å². The average molecular weight is 354 g/mol. The molecule has 8 heteroatoms. The van der Waals surface area contributed by atoms with Crippen LogP contribution in [0.3, 0.4) is 0 Å². The van der Waals surface area contributed by atoms with E-state index < -0.39 is 11.6 Å². The van der Waals surface area contributed by atoms with Crippen molar-refractivity contribution >= 4 is 34.5 Å². The van der Waals surface area contributed by atoms with Crippen LogP contribution in [0.2, 0.25) is 5.02 Å². The lowest BCUT2D eigenvalue weighted by atomic mass is 10.2. The van der Waals surface area contributed by atoms with Gasteiger partial charge in [-0.25, -0.2) is 8.78 Å². The Hall–Kier alpha value is -2.25. The Bertz CT molecular complexity index is 862. The molecule has 118 valence electrons. The zero-order chi connectivity index (χ0) is 16.4. The summed E-state index contributed by atoms with van der Waals surface area (Å²) in [5, 5.41) is 8.96. The SMILES string of the molecule is O=C(Nc1ccc(F)c(F)c1)c1cc(Cn2cc(Cl)cn2)cs1. The van der Waals surface area contributed by atoms with E-state index in [0.29, 0.717) is 16.4 Å². The Balaban J connectivity index is 1.69. The van der Waals surface area contributed by atoms with E-state index >= 15 is 0 Å². The molecule has 2 aromatic heterocycles. The summed E-state index contributed by atoms with van der Waals surface area (Å²) >= 11 is 7.05. The molecule has 0 bridgehead atoms. The number of carbonyl (C=O) groups is 1. The first-order chi connectivity index (χ1) is 11.0. The summed E-state index contributed by atoms with van der Waals surface area (Å²) in [6.07, 6.45) is 3.21. The Morgan fingerprint density at radius 2 is 2.13 bits per heavy atom. The monoisotopic (exact) mass is 353 g/mol. The third kappa shape index (κ3) is 3.75. The molecule has 1 aromatic carbocycles. The standard InChI is InChI=1S/C15H10ClF2N3OS/c16-10-5-19-21(7-10)6-9-3-14(23-8-9)15(22)20-11-1-2-12(17)13(18)4-11/h1-5,7-8H,6H2,(H,20,22). The number of thiophene rings is 1. The molecule has 23 heavy (non-hydrogen) atoms. The molecule has 0 atom stereocenters. The van der Waals surface area contributed by atoms with Gasteiger partial charge in [-0.2, -0.15) is 5.10 Å². The molecule has 0 fully saturated rings. The Labute approximate surface area is 139 Å². The maximum atomic E-state index is 13.1. The van der Waals surface area contributed by atoms with E-state index in [1.807, 2.05) is 5.38 Å². The van der Waals surface area contributed by atoms with Crippen LogP contribution in [-0.4, -0.2) is 15.7 Å². The molecule has 3 rings (SSSR count). The van der Waals surface area contributed by atoms with Crippen molar-refractivity contribution in [2.75, 3.05) is 5.32 Å². The number of benzene rings is 1. The van der Waals surface area contributed by atoms with Crippen molar-refractivity contribution in [3.63, 3.8) is 0 Å². The van der Waals surface area contributed by atoms with Gasteiger partial charge >= 0.3 is 0 Å². The molecule has 4 nitrogen and oxygen atoms in total. The molecular formula is C15H10ClF2N3OS. The van der Waals surface area contributed by atoms with Crippen molar-refractivity contribution < 1.29 is 13.6 Å². The normalized spacial score (nSPS) is 10.7. The van der Waals surface area contributed by atoms with Gasteiger partial charge in [0.15, 0.2) is 11.6 Å². The second-order valence-corrected chi connectivity index (χ2v) is 6.11. The molecule has 0 aliphatic heterocycles. The summed E-state index contributed by atoms with van der Waals surface area (Å²) in [6.45, 7) is 0.488. The van der Waals surface area contributed by atoms with Crippen LogP contribution >= 0.6 is 22.9 Å². The van der Waals surface area contributed by atoms with E-state index in [2.05, 4.69) is 10.4 Å². The first-order valence-corrected chi connectivity index (χ1v) is 7.79. The number of anilines is 1. The minimum Gasteiger partial charge on any atom is -0.321 e. The van der Waals surface area contributed by atoms with E-state index in [9.17, 15) is 13.6 Å². The minimum absolute atomic E-state index is 0.197. The Kier molecular flexibility index (Phi) is 4.40. The fourth-order valence-corrected chi connectivity index (χ4v) is 2.91. The van der Waals surface area contributed by atoms with Crippen molar-refractivity contribution in [3.05, 3.63) is 69.1 Å². The highest BCUT2D eigenvalue weighted by Crippen LogP contribution is 2.19. The lowest BCUT2D eigenvalue weighted by Crippen LogP contribution is -2.10. The second kappa shape index (κ2) is 6.47. The summed E-state index contributed by atoms with van der Waals surface area (Å²) < 4.78 is 27.7. The number of amides is 1. The number of carbonyl (C=O) groups excluding carboxylic acids is 1.